The number of rotatable bonds is 7. The van der Waals surface area contributed by atoms with Crippen LogP contribution in [-0.4, -0.2) is 19.1 Å². The van der Waals surface area contributed by atoms with E-state index in [-0.39, 0.29) is 5.41 Å². The molecule has 3 aromatic heterocycles. The van der Waals surface area contributed by atoms with Crippen molar-refractivity contribution in [1.29, 1.82) is 0 Å². The Morgan fingerprint density at radius 1 is 0.377 bits per heavy atom. The van der Waals surface area contributed by atoms with Crippen LogP contribution in [0.3, 0.4) is 0 Å². The molecule has 3 heterocycles. The van der Waals surface area contributed by atoms with Gasteiger partial charge in [0, 0.05) is 49.9 Å². The first-order valence-electron chi connectivity index (χ1n) is 20.9. The SMILES string of the molecule is CC(C)(C)c1ccc(N(c2ccc(-c3ccc(-n4c5ccccc5c5ccccc54)cc3)cc2)c2cnc(-c3ccc4c5ccccc5n(-c5ccccc5)c4c3)nc2)cc1. The zero-order chi connectivity index (χ0) is 41.1. The van der Waals surface area contributed by atoms with Crippen molar-refractivity contribution in [3.05, 3.63) is 212 Å². The van der Waals surface area contributed by atoms with Crippen LogP contribution in [0.5, 0.6) is 0 Å². The van der Waals surface area contributed by atoms with Crippen LogP contribution in [0, 0.1) is 0 Å². The van der Waals surface area contributed by atoms with Crippen LogP contribution < -0.4 is 4.90 Å². The average Bonchev–Trinajstić information content (AvgIpc) is 3.82. The summed E-state index contributed by atoms with van der Waals surface area (Å²) in [5.74, 6) is 0.679. The van der Waals surface area contributed by atoms with E-state index in [0.29, 0.717) is 5.82 Å². The third kappa shape index (κ3) is 6.34. The molecule has 5 nitrogen and oxygen atoms in total. The molecule has 61 heavy (non-hydrogen) atoms. The number of anilines is 3. The largest absolute Gasteiger partial charge is 0.309 e. The molecule has 0 saturated carbocycles. The summed E-state index contributed by atoms with van der Waals surface area (Å²) >= 11 is 0. The minimum Gasteiger partial charge on any atom is -0.309 e. The van der Waals surface area contributed by atoms with Crippen molar-refractivity contribution in [3.8, 4) is 33.9 Å². The summed E-state index contributed by atoms with van der Waals surface area (Å²) in [6.07, 6.45) is 3.89. The van der Waals surface area contributed by atoms with E-state index in [1.54, 1.807) is 0 Å². The van der Waals surface area contributed by atoms with E-state index in [4.69, 9.17) is 9.97 Å². The summed E-state index contributed by atoms with van der Waals surface area (Å²) in [7, 11) is 0. The first-order chi connectivity index (χ1) is 29.9. The van der Waals surface area contributed by atoms with Crippen molar-refractivity contribution >= 4 is 60.7 Å². The Balaban J connectivity index is 0.940. The van der Waals surface area contributed by atoms with Crippen molar-refractivity contribution in [3.63, 3.8) is 0 Å². The van der Waals surface area contributed by atoms with Gasteiger partial charge < -0.3 is 14.0 Å². The highest BCUT2D eigenvalue weighted by Crippen LogP contribution is 2.39. The fraction of sp³-hybridized carbons (Fsp3) is 0.0714. The molecule has 11 aromatic rings. The molecule has 11 rings (SSSR count). The van der Waals surface area contributed by atoms with Gasteiger partial charge in [-0.15, -0.1) is 0 Å². The van der Waals surface area contributed by atoms with Crippen LogP contribution >= 0.6 is 0 Å². The lowest BCUT2D eigenvalue weighted by Crippen LogP contribution is -2.13. The topological polar surface area (TPSA) is 38.9 Å². The maximum Gasteiger partial charge on any atom is 0.159 e. The number of hydrogen-bond acceptors (Lipinski definition) is 3. The normalized spacial score (nSPS) is 11.9. The summed E-state index contributed by atoms with van der Waals surface area (Å²) in [5, 5.41) is 4.95. The van der Waals surface area contributed by atoms with Crippen molar-refractivity contribution < 1.29 is 0 Å². The Kier molecular flexibility index (Phi) is 8.64. The molecule has 8 aromatic carbocycles. The van der Waals surface area contributed by atoms with Crippen LogP contribution in [0.4, 0.5) is 17.1 Å². The highest BCUT2D eigenvalue weighted by atomic mass is 15.2. The molecule has 0 aliphatic rings. The van der Waals surface area contributed by atoms with Gasteiger partial charge in [0.05, 0.1) is 40.1 Å². The fourth-order valence-electron chi connectivity index (χ4n) is 8.91. The van der Waals surface area contributed by atoms with E-state index in [2.05, 4.69) is 229 Å². The zero-order valence-electron chi connectivity index (χ0n) is 34.4. The van der Waals surface area contributed by atoms with E-state index in [9.17, 15) is 0 Å². The fourth-order valence-corrected chi connectivity index (χ4v) is 8.91. The van der Waals surface area contributed by atoms with Crippen LogP contribution in [-0.2, 0) is 5.41 Å². The van der Waals surface area contributed by atoms with Gasteiger partial charge in [-0.05, 0) is 94.9 Å². The maximum absolute atomic E-state index is 5.01. The maximum atomic E-state index is 5.01. The average molecular weight is 786 g/mol. The monoisotopic (exact) mass is 785 g/mol. The highest BCUT2D eigenvalue weighted by molar-refractivity contribution is 6.10. The van der Waals surface area contributed by atoms with Crippen LogP contribution in [0.25, 0.3) is 77.5 Å². The van der Waals surface area contributed by atoms with E-state index >= 15 is 0 Å². The Bertz CT molecular complexity index is 3300. The van der Waals surface area contributed by atoms with Gasteiger partial charge in [-0.3, -0.25) is 0 Å². The van der Waals surface area contributed by atoms with Gasteiger partial charge in [-0.2, -0.15) is 0 Å². The summed E-state index contributed by atoms with van der Waals surface area (Å²) < 4.78 is 4.69. The van der Waals surface area contributed by atoms with Crippen molar-refractivity contribution in [2.24, 2.45) is 0 Å². The number of benzene rings is 8. The summed E-state index contributed by atoms with van der Waals surface area (Å²) in [5.41, 5.74) is 14.5. The molecular formula is C56H43N5. The Morgan fingerprint density at radius 3 is 1.34 bits per heavy atom. The predicted octanol–water partition coefficient (Wildman–Crippen LogP) is 14.8. The molecule has 0 amide bonds. The van der Waals surface area contributed by atoms with E-state index in [0.717, 1.165) is 50.6 Å². The molecular weight excluding hydrogens is 743 g/mol. The first-order valence-corrected chi connectivity index (χ1v) is 20.9. The number of aromatic nitrogens is 4. The summed E-state index contributed by atoms with van der Waals surface area (Å²) in [4.78, 5) is 12.3. The van der Waals surface area contributed by atoms with Gasteiger partial charge in [-0.25, -0.2) is 9.97 Å². The lowest BCUT2D eigenvalue weighted by Gasteiger charge is -2.26. The molecule has 292 valence electrons. The minimum absolute atomic E-state index is 0.0418. The van der Waals surface area contributed by atoms with Crippen molar-refractivity contribution in [2.75, 3.05) is 4.90 Å². The molecule has 0 spiro atoms. The molecule has 0 bridgehead atoms. The minimum atomic E-state index is 0.0418. The van der Waals surface area contributed by atoms with Crippen LogP contribution in [0.1, 0.15) is 26.3 Å². The van der Waals surface area contributed by atoms with Crippen LogP contribution in [0.15, 0.2) is 207 Å². The molecule has 0 aliphatic carbocycles. The lowest BCUT2D eigenvalue weighted by atomic mass is 9.87. The summed E-state index contributed by atoms with van der Waals surface area (Å²) in [6, 6.07) is 69.5. The number of nitrogens with zero attached hydrogens (tertiary/aromatic N) is 5. The standard InChI is InChI=1S/C56H43N5/c1-56(2,3)41-26-32-44(33-27-41)59(43-28-21-38(22-29-43)39-23-30-45(31-24-39)60-51-18-10-7-15-47(51)48-16-8-11-19-52(48)60)46-36-57-55(58-37-46)40-25-34-50-49-17-9-12-20-53(49)61(54(50)35-40)42-13-5-4-6-14-42/h4-37H,1-3H3. The molecule has 0 fully saturated rings. The van der Waals surface area contributed by atoms with E-state index < -0.39 is 0 Å². The van der Waals surface area contributed by atoms with Gasteiger partial charge >= 0.3 is 0 Å². The van der Waals surface area contributed by atoms with Crippen molar-refractivity contribution in [2.45, 2.75) is 26.2 Å². The predicted molar refractivity (Wildman–Crippen MR) is 255 cm³/mol. The summed E-state index contributed by atoms with van der Waals surface area (Å²) in [6.45, 7) is 6.74. The van der Waals surface area contributed by atoms with Gasteiger partial charge in [0.2, 0.25) is 0 Å². The number of para-hydroxylation sites is 4. The second-order valence-electron chi connectivity index (χ2n) is 16.8. The molecule has 0 N–H and O–H groups in total. The smallest absolute Gasteiger partial charge is 0.159 e. The van der Waals surface area contributed by atoms with E-state index in [1.165, 1.54) is 43.7 Å². The van der Waals surface area contributed by atoms with Gasteiger partial charge in [0.1, 0.15) is 0 Å². The number of hydrogen-bond donors (Lipinski definition) is 0. The first kappa shape index (κ1) is 36.3. The second kappa shape index (κ2) is 14.5. The number of fused-ring (bicyclic) bond motifs is 6. The second-order valence-corrected chi connectivity index (χ2v) is 16.8. The van der Waals surface area contributed by atoms with Gasteiger partial charge in [0.15, 0.2) is 5.82 Å². The van der Waals surface area contributed by atoms with Crippen molar-refractivity contribution in [1.82, 2.24) is 19.1 Å². The Labute approximate surface area is 355 Å². The third-order valence-electron chi connectivity index (χ3n) is 12.0. The molecule has 0 aliphatic heterocycles. The third-order valence-corrected chi connectivity index (χ3v) is 12.0. The Morgan fingerprint density at radius 2 is 0.803 bits per heavy atom. The quantitative estimate of drug-likeness (QED) is 0.162. The Hall–Kier alpha value is -7.76. The highest BCUT2D eigenvalue weighted by Gasteiger charge is 2.19. The van der Waals surface area contributed by atoms with Gasteiger partial charge in [-0.1, -0.05) is 142 Å². The van der Waals surface area contributed by atoms with Crippen LogP contribution in [0.2, 0.25) is 0 Å². The molecule has 0 atom stereocenters. The zero-order valence-corrected chi connectivity index (χ0v) is 34.4. The molecule has 5 heteroatoms. The van der Waals surface area contributed by atoms with Gasteiger partial charge in [0.25, 0.3) is 0 Å². The molecule has 0 unspecified atom stereocenters. The lowest BCUT2D eigenvalue weighted by molar-refractivity contribution is 0.590. The molecule has 0 saturated heterocycles. The van der Waals surface area contributed by atoms with E-state index in [1.807, 2.05) is 12.4 Å². The molecule has 0 radical (unpaired) electrons.